The molecule has 6 aromatic carbocycles. The topological polar surface area (TPSA) is 56.7 Å². The maximum atomic E-state index is 6.72. The Hall–Kier alpha value is -6.59. The van der Waals surface area contributed by atoms with Crippen molar-refractivity contribution in [3.8, 4) is 51.0 Å². The van der Waals surface area contributed by atoms with Crippen LogP contribution in [0.15, 0.2) is 156 Å². The number of furan rings is 1. The average molecular weight is 643 g/mol. The van der Waals surface area contributed by atoms with Crippen LogP contribution in [0.25, 0.3) is 89.9 Å². The Morgan fingerprint density at radius 2 is 1.18 bits per heavy atom. The average Bonchev–Trinajstić information content (AvgIpc) is 3.74. The number of para-hydroxylation sites is 2. The van der Waals surface area contributed by atoms with Crippen LogP contribution in [0.3, 0.4) is 0 Å². The molecule has 5 nitrogen and oxygen atoms in total. The van der Waals surface area contributed by atoms with Gasteiger partial charge in [0.1, 0.15) is 11.2 Å². The van der Waals surface area contributed by atoms with E-state index in [-0.39, 0.29) is 0 Å². The maximum absolute atomic E-state index is 6.72. The lowest BCUT2D eigenvalue weighted by Crippen LogP contribution is -2.02. The molecule has 236 valence electrons. The molecule has 9 aromatic rings. The Morgan fingerprint density at radius 1 is 0.520 bits per heavy atom. The fourth-order valence-corrected chi connectivity index (χ4v) is 7.36. The number of fused-ring (bicyclic) bond motifs is 6. The highest BCUT2D eigenvalue weighted by Gasteiger charge is 2.21. The van der Waals surface area contributed by atoms with Gasteiger partial charge in [-0.3, -0.25) is 0 Å². The highest BCUT2D eigenvalue weighted by molar-refractivity contribution is 6.10. The molecule has 0 aliphatic heterocycles. The standard InChI is InChI=1S/C45H30N4O/c1-4-13-29(14-5-1)43-46-44(30-15-6-2-7-16-30)48-45(47-43)37-21-12-20-36-35-25-23-32(28-41(35)50-42(36)37)31-24-26-40-38(27-31)34-19-10-11-22-39(34)49(40)33-17-8-3-9-18-33/h1-10,12-21,23-28H,11,22H2. The summed E-state index contributed by atoms with van der Waals surface area (Å²) in [4.78, 5) is 14.8. The summed E-state index contributed by atoms with van der Waals surface area (Å²) in [6.07, 6.45) is 6.67. The van der Waals surface area contributed by atoms with Crippen LogP contribution >= 0.6 is 0 Å². The molecule has 3 aromatic heterocycles. The second-order valence-electron chi connectivity index (χ2n) is 12.7. The van der Waals surface area contributed by atoms with Gasteiger partial charge in [-0.15, -0.1) is 0 Å². The van der Waals surface area contributed by atoms with Crippen LogP contribution in [0.4, 0.5) is 0 Å². The number of hydrogen-bond acceptors (Lipinski definition) is 4. The van der Waals surface area contributed by atoms with Gasteiger partial charge in [-0.05, 0) is 66.4 Å². The van der Waals surface area contributed by atoms with E-state index in [1.54, 1.807) is 0 Å². The molecular formula is C45H30N4O. The highest BCUT2D eigenvalue weighted by Crippen LogP contribution is 2.40. The zero-order valence-corrected chi connectivity index (χ0v) is 27.1. The van der Waals surface area contributed by atoms with Gasteiger partial charge in [0.15, 0.2) is 17.5 Å². The van der Waals surface area contributed by atoms with Gasteiger partial charge in [-0.2, -0.15) is 0 Å². The van der Waals surface area contributed by atoms with E-state index in [0.717, 1.165) is 62.6 Å². The molecule has 5 heteroatoms. The number of hydrogen-bond donors (Lipinski definition) is 0. The molecule has 0 atom stereocenters. The zero-order chi connectivity index (χ0) is 33.0. The number of aromatic nitrogens is 4. The minimum absolute atomic E-state index is 0.578. The molecule has 0 unspecified atom stereocenters. The van der Waals surface area contributed by atoms with Crippen molar-refractivity contribution in [2.45, 2.75) is 12.8 Å². The van der Waals surface area contributed by atoms with Gasteiger partial charge < -0.3 is 8.98 Å². The van der Waals surface area contributed by atoms with Crippen LogP contribution in [0.5, 0.6) is 0 Å². The van der Waals surface area contributed by atoms with Crippen LogP contribution in [-0.2, 0) is 6.42 Å². The van der Waals surface area contributed by atoms with Gasteiger partial charge in [0, 0.05) is 44.2 Å². The minimum Gasteiger partial charge on any atom is -0.455 e. The second kappa shape index (κ2) is 11.5. The largest absolute Gasteiger partial charge is 0.455 e. The summed E-state index contributed by atoms with van der Waals surface area (Å²) in [5, 5.41) is 3.35. The molecule has 10 rings (SSSR count). The Balaban J connectivity index is 1.11. The summed E-state index contributed by atoms with van der Waals surface area (Å²) in [5.74, 6) is 1.82. The molecule has 0 radical (unpaired) electrons. The van der Waals surface area contributed by atoms with Crippen molar-refractivity contribution in [1.29, 1.82) is 0 Å². The van der Waals surface area contributed by atoms with E-state index in [1.165, 1.54) is 27.8 Å². The molecule has 0 spiro atoms. The summed E-state index contributed by atoms with van der Waals surface area (Å²) in [5.41, 5.74) is 11.7. The quantitative estimate of drug-likeness (QED) is 0.187. The number of benzene rings is 6. The van der Waals surface area contributed by atoms with E-state index in [4.69, 9.17) is 19.4 Å². The molecular weight excluding hydrogens is 613 g/mol. The first-order chi connectivity index (χ1) is 24.8. The lowest BCUT2D eigenvalue weighted by molar-refractivity contribution is 0.669. The van der Waals surface area contributed by atoms with Gasteiger partial charge in [0.2, 0.25) is 0 Å². The van der Waals surface area contributed by atoms with Crippen LogP contribution in [0, 0.1) is 0 Å². The predicted molar refractivity (Wildman–Crippen MR) is 203 cm³/mol. The fourth-order valence-electron chi connectivity index (χ4n) is 7.36. The van der Waals surface area contributed by atoms with E-state index in [0.29, 0.717) is 17.5 Å². The summed E-state index contributed by atoms with van der Waals surface area (Å²) >= 11 is 0. The SMILES string of the molecule is C1=Cc2c(n(-c3ccccc3)c3ccc(-c4ccc5c(c4)oc4c(-c6nc(-c7ccccc7)nc(-c7ccccc7)n6)cccc45)cc23)CC1. The Morgan fingerprint density at radius 3 is 1.92 bits per heavy atom. The summed E-state index contributed by atoms with van der Waals surface area (Å²) < 4.78 is 9.14. The van der Waals surface area contributed by atoms with Crippen molar-refractivity contribution in [2.75, 3.05) is 0 Å². The maximum Gasteiger partial charge on any atom is 0.167 e. The third kappa shape index (κ3) is 4.66. The van der Waals surface area contributed by atoms with E-state index >= 15 is 0 Å². The summed E-state index contributed by atoms with van der Waals surface area (Å²) in [6.45, 7) is 0. The van der Waals surface area contributed by atoms with E-state index in [2.05, 4.69) is 95.6 Å². The zero-order valence-electron chi connectivity index (χ0n) is 27.1. The normalized spacial score (nSPS) is 12.6. The van der Waals surface area contributed by atoms with Crippen molar-refractivity contribution in [2.24, 2.45) is 0 Å². The molecule has 0 bridgehead atoms. The Bertz CT molecular complexity index is 2690. The van der Waals surface area contributed by atoms with Crippen molar-refractivity contribution >= 4 is 38.9 Å². The molecule has 0 saturated heterocycles. The number of nitrogens with zero attached hydrogens (tertiary/aromatic N) is 4. The minimum atomic E-state index is 0.578. The third-order valence-corrected chi connectivity index (χ3v) is 9.73. The lowest BCUT2D eigenvalue weighted by atomic mass is 9.98. The lowest BCUT2D eigenvalue weighted by Gasteiger charge is -2.13. The van der Waals surface area contributed by atoms with E-state index in [1.807, 2.05) is 66.7 Å². The van der Waals surface area contributed by atoms with Crippen LogP contribution < -0.4 is 0 Å². The number of rotatable bonds is 5. The molecule has 0 saturated carbocycles. The molecule has 0 fully saturated rings. The van der Waals surface area contributed by atoms with E-state index in [9.17, 15) is 0 Å². The molecule has 50 heavy (non-hydrogen) atoms. The van der Waals surface area contributed by atoms with Gasteiger partial charge in [0.05, 0.1) is 11.1 Å². The first kappa shape index (κ1) is 28.4. The van der Waals surface area contributed by atoms with Gasteiger partial charge in [0.25, 0.3) is 0 Å². The highest BCUT2D eigenvalue weighted by atomic mass is 16.3. The summed E-state index contributed by atoms with van der Waals surface area (Å²) in [7, 11) is 0. The molecule has 0 N–H and O–H groups in total. The summed E-state index contributed by atoms with van der Waals surface area (Å²) in [6, 6.07) is 50.3. The fraction of sp³-hybridized carbons (Fsp3) is 0.0444. The Kier molecular flexibility index (Phi) is 6.56. The van der Waals surface area contributed by atoms with Crippen LogP contribution in [0.2, 0.25) is 0 Å². The third-order valence-electron chi connectivity index (χ3n) is 9.73. The first-order valence-electron chi connectivity index (χ1n) is 17.0. The van der Waals surface area contributed by atoms with Gasteiger partial charge in [-0.1, -0.05) is 115 Å². The van der Waals surface area contributed by atoms with Crippen LogP contribution in [-0.4, -0.2) is 19.5 Å². The van der Waals surface area contributed by atoms with Crippen LogP contribution in [0.1, 0.15) is 17.7 Å². The molecule has 1 aliphatic rings. The first-order valence-corrected chi connectivity index (χ1v) is 17.0. The van der Waals surface area contributed by atoms with Crippen molar-refractivity contribution in [1.82, 2.24) is 19.5 Å². The van der Waals surface area contributed by atoms with Crippen molar-refractivity contribution in [3.63, 3.8) is 0 Å². The van der Waals surface area contributed by atoms with Gasteiger partial charge in [-0.25, -0.2) is 15.0 Å². The number of allylic oxidation sites excluding steroid dienone is 1. The van der Waals surface area contributed by atoms with Crippen molar-refractivity contribution in [3.05, 3.63) is 163 Å². The van der Waals surface area contributed by atoms with E-state index < -0.39 is 0 Å². The molecule has 3 heterocycles. The Labute approximate surface area is 288 Å². The molecule has 1 aliphatic carbocycles. The second-order valence-corrected chi connectivity index (χ2v) is 12.7. The van der Waals surface area contributed by atoms with Crippen molar-refractivity contribution < 1.29 is 4.42 Å². The molecule has 0 amide bonds. The van der Waals surface area contributed by atoms with Gasteiger partial charge >= 0.3 is 0 Å². The smallest absolute Gasteiger partial charge is 0.167 e. The monoisotopic (exact) mass is 642 g/mol. The predicted octanol–water partition coefficient (Wildman–Crippen LogP) is 11.3.